The zero-order valence-electron chi connectivity index (χ0n) is 16.2. The zero-order valence-corrected chi connectivity index (χ0v) is 17.2. The van der Waals surface area contributed by atoms with Crippen LogP contribution in [0.3, 0.4) is 0 Å². The van der Waals surface area contributed by atoms with E-state index in [2.05, 4.69) is 47.3 Å². The molecule has 0 aliphatic rings. The van der Waals surface area contributed by atoms with Gasteiger partial charge in [-0.25, -0.2) is 0 Å². The first-order valence-corrected chi connectivity index (χ1v) is 11.5. The van der Waals surface area contributed by atoms with Crippen LogP contribution in [0.5, 0.6) is 0 Å². The second kappa shape index (κ2) is 12.9. The van der Waals surface area contributed by atoms with Crippen LogP contribution in [0.2, 0.25) is 18.1 Å². The molecule has 0 aliphatic heterocycles. The van der Waals surface area contributed by atoms with Crippen LogP contribution in [0.25, 0.3) is 0 Å². The van der Waals surface area contributed by atoms with Gasteiger partial charge in [0.25, 0.3) is 0 Å². The molecule has 0 spiro atoms. The van der Waals surface area contributed by atoms with Crippen LogP contribution in [-0.4, -0.2) is 34.4 Å². The van der Waals surface area contributed by atoms with E-state index in [1.165, 1.54) is 5.57 Å². The lowest BCUT2D eigenvalue weighted by molar-refractivity contribution is -0.110. The van der Waals surface area contributed by atoms with Crippen molar-refractivity contribution in [3.05, 3.63) is 24.3 Å². The van der Waals surface area contributed by atoms with E-state index < -0.39 is 8.32 Å². The van der Waals surface area contributed by atoms with Crippen molar-refractivity contribution < 1.29 is 13.9 Å². The average molecular weight is 343 g/mol. The van der Waals surface area contributed by atoms with Gasteiger partial charge in [0.15, 0.2) is 8.32 Å². The van der Waals surface area contributed by atoms with Gasteiger partial charge in [-0.15, -0.1) is 6.58 Å². The third kappa shape index (κ3) is 8.84. The van der Waals surface area contributed by atoms with E-state index in [4.69, 9.17) is 13.9 Å². The molecule has 0 bridgehead atoms. The molecule has 3 nitrogen and oxygen atoms in total. The molecular formula is C19H38O3Si. The molecule has 0 fully saturated rings. The van der Waals surface area contributed by atoms with Crippen LogP contribution in [0, 0.1) is 0 Å². The summed E-state index contributed by atoms with van der Waals surface area (Å²) in [5, 5.41) is 0. The Balaban J connectivity index is 5.08. The van der Waals surface area contributed by atoms with Gasteiger partial charge < -0.3 is 13.9 Å². The van der Waals surface area contributed by atoms with Crippen molar-refractivity contribution in [2.24, 2.45) is 0 Å². The number of hydrogen-bond donors (Lipinski definition) is 0. The molecule has 23 heavy (non-hydrogen) atoms. The van der Waals surface area contributed by atoms with Crippen molar-refractivity contribution in [1.29, 1.82) is 0 Å². The monoisotopic (exact) mass is 342 g/mol. The second-order valence-electron chi connectivity index (χ2n) is 6.39. The van der Waals surface area contributed by atoms with E-state index in [1.54, 1.807) is 7.11 Å². The Bertz CT molecular complexity index is 325. The fourth-order valence-corrected chi connectivity index (χ4v) is 5.72. The van der Waals surface area contributed by atoms with Gasteiger partial charge in [-0.1, -0.05) is 38.5 Å². The number of ether oxygens (including phenoxy) is 2. The number of methoxy groups -OCH3 is 1. The van der Waals surface area contributed by atoms with E-state index in [0.717, 1.165) is 37.4 Å². The van der Waals surface area contributed by atoms with Crippen molar-refractivity contribution in [3.63, 3.8) is 0 Å². The van der Waals surface area contributed by atoms with Crippen LogP contribution >= 0.6 is 0 Å². The molecule has 0 rings (SSSR count). The fourth-order valence-electron chi connectivity index (χ4n) is 2.83. The molecule has 0 saturated carbocycles. The van der Waals surface area contributed by atoms with Crippen molar-refractivity contribution in [2.45, 2.75) is 84.2 Å². The Labute approximate surface area is 145 Å². The maximum atomic E-state index is 6.71. The standard InChI is InChI=1S/C19H38O3Si/c1-8-13-19(22-23(9-2,10-3)11-4)18(21-16-20-7)15-12-14-17(5)6/h8,14,18-19H,1,9-13,15-16H2,2-7H3/t18-,19+/m0/s1. The van der Waals surface area contributed by atoms with Crippen LogP contribution in [0.4, 0.5) is 0 Å². The topological polar surface area (TPSA) is 27.7 Å². The third-order valence-electron chi connectivity index (χ3n) is 4.55. The largest absolute Gasteiger partial charge is 0.411 e. The van der Waals surface area contributed by atoms with Crippen LogP contribution in [0.1, 0.15) is 53.9 Å². The van der Waals surface area contributed by atoms with Crippen LogP contribution in [-0.2, 0) is 13.9 Å². The Hall–Kier alpha value is -0.423. The number of allylic oxidation sites excluding steroid dienone is 2. The lowest BCUT2D eigenvalue weighted by Gasteiger charge is -2.36. The SMILES string of the molecule is C=CC[C@@H](O[Si](CC)(CC)CC)[C@H](CCC=C(C)C)OCOC. The normalized spacial score (nSPS) is 14.3. The lowest BCUT2D eigenvalue weighted by Crippen LogP contribution is -2.45. The fraction of sp³-hybridized carbons (Fsp3) is 0.789. The Morgan fingerprint density at radius 2 is 1.70 bits per heavy atom. The highest BCUT2D eigenvalue weighted by molar-refractivity contribution is 6.73. The van der Waals surface area contributed by atoms with E-state index in [0.29, 0.717) is 6.79 Å². The Morgan fingerprint density at radius 3 is 2.13 bits per heavy atom. The Kier molecular flexibility index (Phi) is 12.7. The molecular weight excluding hydrogens is 304 g/mol. The minimum atomic E-state index is -1.66. The molecule has 136 valence electrons. The van der Waals surface area contributed by atoms with Crippen molar-refractivity contribution in [3.8, 4) is 0 Å². The van der Waals surface area contributed by atoms with Gasteiger partial charge in [0.2, 0.25) is 0 Å². The maximum absolute atomic E-state index is 6.71. The van der Waals surface area contributed by atoms with Crippen molar-refractivity contribution in [1.82, 2.24) is 0 Å². The summed E-state index contributed by atoms with van der Waals surface area (Å²) in [4.78, 5) is 0. The first-order valence-electron chi connectivity index (χ1n) is 9.01. The number of rotatable bonds is 14. The summed E-state index contributed by atoms with van der Waals surface area (Å²) < 4.78 is 17.8. The van der Waals surface area contributed by atoms with Crippen molar-refractivity contribution >= 4 is 8.32 Å². The first kappa shape index (κ1) is 22.6. The van der Waals surface area contributed by atoms with E-state index in [9.17, 15) is 0 Å². The molecule has 0 radical (unpaired) electrons. The predicted octanol–water partition coefficient (Wildman–Crippen LogP) is 5.69. The summed E-state index contributed by atoms with van der Waals surface area (Å²) >= 11 is 0. The van der Waals surface area contributed by atoms with Gasteiger partial charge in [0, 0.05) is 7.11 Å². The smallest absolute Gasteiger partial charge is 0.192 e. The summed E-state index contributed by atoms with van der Waals surface area (Å²) in [6, 6.07) is 3.45. The summed E-state index contributed by atoms with van der Waals surface area (Å²) in [5.41, 5.74) is 1.34. The van der Waals surface area contributed by atoms with Gasteiger partial charge in [-0.3, -0.25) is 0 Å². The molecule has 0 aliphatic carbocycles. The summed E-state index contributed by atoms with van der Waals surface area (Å²) in [6.07, 6.45) is 7.15. The van der Waals surface area contributed by atoms with Crippen molar-refractivity contribution in [2.75, 3.05) is 13.9 Å². The van der Waals surface area contributed by atoms with Crippen LogP contribution < -0.4 is 0 Å². The molecule has 0 aromatic heterocycles. The molecule has 2 atom stereocenters. The van der Waals surface area contributed by atoms with Gasteiger partial charge in [-0.2, -0.15) is 0 Å². The maximum Gasteiger partial charge on any atom is 0.192 e. The molecule has 0 aromatic rings. The van der Waals surface area contributed by atoms with Gasteiger partial charge >= 0.3 is 0 Å². The highest BCUT2D eigenvalue weighted by Gasteiger charge is 2.34. The van der Waals surface area contributed by atoms with E-state index in [1.807, 2.05) is 6.08 Å². The van der Waals surface area contributed by atoms with E-state index >= 15 is 0 Å². The molecule has 0 aromatic carbocycles. The molecule has 0 saturated heterocycles. The molecule has 0 unspecified atom stereocenters. The summed E-state index contributed by atoms with van der Waals surface area (Å²) in [6.45, 7) is 15.3. The van der Waals surface area contributed by atoms with E-state index in [-0.39, 0.29) is 12.2 Å². The zero-order chi connectivity index (χ0) is 17.7. The molecule has 0 N–H and O–H groups in total. The third-order valence-corrected chi connectivity index (χ3v) is 9.22. The molecule has 4 heteroatoms. The minimum absolute atomic E-state index is 0.0556. The first-order chi connectivity index (χ1) is 11.0. The number of hydrogen-bond acceptors (Lipinski definition) is 3. The Morgan fingerprint density at radius 1 is 1.09 bits per heavy atom. The predicted molar refractivity (Wildman–Crippen MR) is 102 cm³/mol. The second-order valence-corrected chi connectivity index (χ2v) is 11.1. The minimum Gasteiger partial charge on any atom is -0.411 e. The van der Waals surface area contributed by atoms with Gasteiger partial charge in [0.05, 0.1) is 12.2 Å². The van der Waals surface area contributed by atoms with Gasteiger partial charge in [0.1, 0.15) is 6.79 Å². The summed E-state index contributed by atoms with van der Waals surface area (Å²) in [5.74, 6) is 0. The average Bonchev–Trinajstić information content (AvgIpc) is 2.55. The molecule has 0 amide bonds. The molecule has 0 heterocycles. The van der Waals surface area contributed by atoms with Crippen LogP contribution in [0.15, 0.2) is 24.3 Å². The quantitative estimate of drug-likeness (QED) is 0.231. The van der Waals surface area contributed by atoms with Gasteiger partial charge in [-0.05, 0) is 51.2 Å². The summed E-state index contributed by atoms with van der Waals surface area (Å²) in [7, 11) is 0.00161. The highest BCUT2D eigenvalue weighted by Crippen LogP contribution is 2.27. The lowest BCUT2D eigenvalue weighted by atomic mass is 10.0. The highest BCUT2D eigenvalue weighted by atomic mass is 28.4.